The number of hydrogen-bond acceptors (Lipinski definition) is 3. The van der Waals surface area contributed by atoms with Gasteiger partial charge in [-0.15, -0.1) is 0 Å². The highest BCUT2D eigenvalue weighted by Crippen LogP contribution is 2.42. The van der Waals surface area contributed by atoms with E-state index in [9.17, 15) is 19.1 Å². The molecule has 1 aliphatic rings. The van der Waals surface area contributed by atoms with E-state index in [1.54, 1.807) is 42.5 Å². The van der Waals surface area contributed by atoms with Crippen LogP contribution in [0.1, 0.15) is 22.7 Å². The first-order chi connectivity index (χ1) is 14.0. The van der Waals surface area contributed by atoms with E-state index >= 15 is 0 Å². The summed E-state index contributed by atoms with van der Waals surface area (Å²) in [6.45, 7) is 1.91. The van der Waals surface area contributed by atoms with E-state index < -0.39 is 23.5 Å². The fourth-order valence-corrected chi connectivity index (χ4v) is 3.51. The van der Waals surface area contributed by atoms with Gasteiger partial charge in [-0.1, -0.05) is 60.2 Å². The van der Waals surface area contributed by atoms with Crippen LogP contribution in [0.2, 0.25) is 0 Å². The largest absolute Gasteiger partial charge is 0.507 e. The van der Waals surface area contributed by atoms with Crippen LogP contribution in [-0.2, 0) is 9.59 Å². The van der Waals surface area contributed by atoms with Gasteiger partial charge in [-0.3, -0.25) is 14.5 Å². The molecule has 0 saturated carbocycles. The molecule has 1 N–H and O–H groups in total. The number of hydrogen-bond donors (Lipinski definition) is 1. The number of anilines is 1. The SMILES string of the molecule is Cc1ccc(C(O)=C2C(=O)C(=O)N(c3ccccc3)[C@@H]2c2ccc(F)cc2)cc1. The average Bonchev–Trinajstić information content (AvgIpc) is 3.00. The molecule has 29 heavy (non-hydrogen) atoms. The molecule has 0 aliphatic carbocycles. The van der Waals surface area contributed by atoms with Crippen LogP contribution in [-0.4, -0.2) is 16.8 Å². The second-order valence-corrected chi connectivity index (χ2v) is 6.92. The van der Waals surface area contributed by atoms with Gasteiger partial charge in [0, 0.05) is 11.3 Å². The number of rotatable bonds is 3. The minimum atomic E-state index is -0.862. The summed E-state index contributed by atoms with van der Waals surface area (Å²) in [7, 11) is 0. The highest BCUT2D eigenvalue weighted by molar-refractivity contribution is 6.51. The van der Waals surface area contributed by atoms with Crippen LogP contribution >= 0.6 is 0 Å². The molecule has 1 saturated heterocycles. The number of aliphatic hydroxyl groups is 1. The maximum Gasteiger partial charge on any atom is 0.300 e. The number of aryl methyl sites for hydroxylation is 1. The molecule has 3 aromatic rings. The van der Waals surface area contributed by atoms with Gasteiger partial charge in [-0.05, 0) is 36.8 Å². The van der Waals surface area contributed by atoms with Gasteiger partial charge in [0.05, 0.1) is 11.6 Å². The maximum absolute atomic E-state index is 13.5. The lowest BCUT2D eigenvalue weighted by Gasteiger charge is -2.25. The van der Waals surface area contributed by atoms with Gasteiger partial charge in [0.25, 0.3) is 11.7 Å². The molecule has 1 aliphatic heterocycles. The molecule has 4 nitrogen and oxygen atoms in total. The lowest BCUT2D eigenvalue weighted by atomic mass is 9.95. The average molecular weight is 387 g/mol. The summed E-state index contributed by atoms with van der Waals surface area (Å²) >= 11 is 0. The number of carbonyl (C=O) groups is 2. The Hall–Kier alpha value is -3.73. The van der Waals surface area contributed by atoms with E-state index in [1.807, 2.05) is 19.1 Å². The number of Topliss-reactive ketones (excluding diaryl/α,β-unsaturated/α-hetero) is 1. The highest BCUT2D eigenvalue weighted by Gasteiger charge is 2.46. The molecule has 5 heteroatoms. The Morgan fingerprint density at radius 2 is 1.52 bits per heavy atom. The maximum atomic E-state index is 13.5. The summed E-state index contributed by atoms with van der Waals surface area (Å²) in [5.74, 6) is -2.19. The van der Waals surface area contributed by atoms with Crippen molar-refractivity contribution < 1.29 is 19.1 Å². The Bertz CT molecular complexity index is 1100. The molecule has 1 heterocycles. The van der Waals surface area contributed by atoms with Crippen molar-refractivity contribution in [2.45, 2.75) is 13.0 Å². The Morgan fingerprint density at radius 3 is 2.14 bits per heavy atom. The molecule has 0 unspecified atom stereocenters. The minimum absolute atomic E-state index is 0.0192. The third-order valence-electron chi connectivity index (χ3n) is 4.99. The van der Waals surface area contributed by atoms with Crippen LogP contribution in [0.5, 0.6) is 0 Å². The zero-order valence-electron chi connectivity index (χ0n) is 15.7. The van der Waals surface area contributed by atoms with Crippen LogP contribution in [0.3, 0.4) is 0 Å². The number of amides is 1. The van der Waals surface area contributed by atoms with Crippen molar-refractivity contribution in [2.75, 3.05) is 4.90 Å². The summed E-state index contributed by atoms with van der Waals surface area (Å²) in [5, 5.41) is 11.0. The molecule has 3 aromatic carbocycles. The topological polar surface area (TPSA) is 57.6 Å². The molecule has 0 spiro atoms. The lowest BCUT2D eigenvalue weighted by Crippen LogP contribution is -2.29. The fourth-order valence-electron chi connectivity index (χ4n) is 3.51. The number of aliphatic hydroxyl groups excluding tert-OH is 1. The highest BCUT2D eigenvalue weighted by atomic mass is 19.1. The van der Waals surface area contributed by atoms with Crippen molar-refractivity contribution >= 4 is 23.1 Å². The zero-order chi connectivity index (χ0) is 20.5. The molecule has 0 aromatic heterocycles. The van der Waals surface area contributed by atoms with Gasteiger partial charge in [-0.25, -0.2) is 4.39 Å². The molecule has 144 valence electrons. The molecule has 4 rings (SSSR count). The number of halogens is 1. The smallest absolute Gasteiger partial charge is 0.300 e. The standard InChI is InChI=1S/C24H18FNO3/c1-15-7-9-17(10-8-15)22(27)20-21(16-11-13-18(25)14-12-16)26(24(29)23(20)28)19-5-3-2-4-6-19/h2-14,21,27H,1H3/t21-/m1/s1. The van der Waals surface area contributed by atoms with E-state index in [2.05, 4.69) is 0 Å². The predicted molar refractivity (Wildman–Crippen MR) is 109 cm³/mol. The Labute approximate surface area is 167 Å². The van der Waals surface area contributed by atoms with Gasteiger partial charge in [0.15, 0.2) is 0 Å². The second kappa shape index (κ2) is 7.36. The summed E-state index contributed by atoms with van der Waals surface area (Å²) in [6.07, 6.45) is 0. The van der Waals surface area contributed by atoms with Gasteiger partial charge in [0.2, 0.25) is 0 Å². The normalized spacial score (nSPS) is 18.3. The third kappa shape index (κ3) is 3.31. The summed E-state index contributed by atoms with van der Waals surface area (Å²) in [5.41, 5.74) is 2.47. The van der Waals surface area contributed by atoms with Gasteiger partial charge in [-0.2, -0.15) is 0 Å². The molecule has 1 atom stereocenters. The minimum Gasteiger partial charge on any atom is -0.507 e. The summed E-state index contributed by atoms with van der Waals surface area (Å²) < 4.78 is 13.5. The Morgan fingerprint density at radius 1 is 0.897 bits per heavy atom. The molecule has 0 bridgehead atoms. The first-order valence-corrected chi connectivity index (χ1v) is 9.16. The lowest BCUT2D eigenvalue weighted by molar-refractivity contribution is -0.132. The van der Waals surface area contributed by atoms with Gasteiger partial charge >= 0.3 is 0 Å². The van der Waals surface area contributed by atoms with Crippen molar-refractivity contribution in [1.29, 1.82) is 0 Å². The molecular weight excluding hydrogens is 369 g/mol. The predicted octanol–water partition coefficient (Wildman–Crippen LogP) is 4.76. The van der Waals surface area contributed by atoms with Crippen LogP contribution in [0.4, 0.5) is 10.1 Å². The number of para-hydroxylation sites is 1. The molecule has 1 amide bonds. The first kappa shape index (κ1) is 18.6. The molecule has 0 radical (unpaired) electrons. The summed E-state index contributed by atoms with van der Waals surface area (Å²) in [6, 6.07) is 20.5. The number of benzene rings is 3. The van der Waals surface area contributed by atoms with Crippen LogP contribution in [0.25, 0.3) is 5.76 Å². The van der Waals surface area contributed by atoms with Crippen LogP contribution in [0.15, 0.2) is 84.4 Å². The van der Waals surface area contributed by atoms with Crippen molar-refractivity contribution in [1.82, 2.24) is 0 Å². The van der Waals surface area contributed by atoms with E-state index in [0.717, 1.165) is 5.56 Å². The van der Waals surface area contributed by atoms with Crippen LogP contribution in [0, 0.1) is 12.7 Å². The van der Waals surface area contributed by atoms with E-state index in [4.69, 9.17) is 0 Å². The van der Waals surface area contributed by atoms with Crippen molar-refractivity contribution in [2.24, 2.45) is 0 Å². The number of ketones is 1. The molecule has 1 fully saturated rings. The quantitative estimate of drug-likeness (QED) is 0.400. The first-order valence-electron chi connectivity index (χ1n) is 9.16. The fraction of sp³-hybridized carbons (Fsp3) is 0.0833. The van der Waals surface area contributed by atoms with Crippen molar-refractivity contribution in [3.05, 3.63) is 107 Å². The third-order valence-corrected chi connectivity index (χ3v) is 4.99. The van der Waals surface area contributed by atoms with E-state index in [-0.39, 0.29) is 11.3 Å². The van der Waals surface area contributed by atoms with E-state index in [0.29, 0.717) is 16.8 Å². The summed E-state index contributed by atoms with van der Waals surface area (Å²) in [4.78, 5) is 27.2. The monoisotopic (exact) mass is 387 g/mol. The van der Waals surface area contributed by atoms with Crippen LogP contribution < -0.4 is 4.90 Å². The second-order valence-electron chi connectivity index (χ2n) is 6.92. The Balaban J connectivity index is 1.94. The number of nitrogens with zero attached hydrogens (tertiary/aromatic N) is 1. The van der Waals surface area contributed by atoms with Gasteiger partial charge < -0.3 is 5.11 Å². The van der Waals surface area contributed by atoms with Crippen molar-refractivity contribution in [3.63, 3.8) is 0 Å². The number of carbonyl (C=O) groups excluding carboxylic acids is 2. The van der Waals surface area contributed by atoms with E-state index in [1.165, 1.54) is 29.2 Å². The van der Waals surface area contributed by atoms with Crippen molar-refractivity contribution in [3.8, 4) is 0 Å². The zero-order valence-corrected chi connectivity index (χ0v) is 15.7. The van der Waals surface area contributed by atoms with Gasteiger partial charge in [0.1, 0.15) is 11.6 Å². The molecular formula is C24H18FNO3. The Kier molecular flexibility index (Phi) is 4.72.